The van der Waals surface area contributed by atoms with Gasteiger partial charge in [0.1, 0.15) is 0 Å². The van der Waals surface area contributed by atoms with Gasteiger partial charge in [0.2, 0.25) is 0 Å². The summed E-state index contributed by atoms with van der Waals surface area (Å²) in [5, 5.41) is 8.89. The topological polar surface area (TPSA) is 23.5 Å². The van der Waals surface area contributed by atoms with Crippen molar-refractivity contribution < 1.29 is 5.11 Å². The summed E-state index contributed by atoms with van der Waals surface area (Å²) in [6.07, 6.45) is 0. The van der Waals surface area contributed by atoms with Crippen molar-refractivity contribution >= 4 is 5.69 Å². The summed E-state index contributed by atoms with van der Waals surface area (Å²) < 4.78 is 0. The first kappa shape index (κ1) is 11.1. The van der Waals surface area contributed by atoms with Gasteiger partial charge >= 0.3 is 0 Å². The van der Waals surface area contributed by atoms with Gasteiger partial charge in [0.05, 0.1) is 6.61 Å². The predicted octanol–water partition coefficient (Wildman–Crippen LogP) is 2.24. The molecule has 1 aromatic rings. The summed E-state index contributed by atoms with van der Waals surface area (Å²) in [6, 6.07) is 8.35. The number of anilines is 1. The van der Waals surface area contributed by atoms with Crippen LogP contribution in [0.1, 0.15) is 25.3 Å². The van der Waals surface area contributed by atoms with E-state index in [2.05, 4.69) is 36.9 Å². The molecule has 1 N–H and O–H groups in total. The molecule has 0 saturated carbocycles. The van der Waals surface area contributed by atoms with E-state index in [1.54, 1.807) is 0 Å². The molecule has 2 nitrogen and oxygen atoms in total. The second-order valence-corrected chi connectivity index (χ2v) is 3.86. The van der Waals surface area contributed by atoms with E-state index in [0.29, 0.717) is 12.5 Å². The number of aliphatic hydroxyl groups is 1. The molecule has 0 amide bonds. The minimum Gasteiger partial charge on any atom is -0.395 e. The molecule has 1 rings (SSSR count). The predicted molar refractivity (Wildman–Crippen MR) is 60.9 cm³/mol. The molecule has 0 aromatic heterocycles. The van der Waals surface area contributed by atoms with Crippen LogP contribution in [0.15, 0.2) is 24.3 Å². The van der Waals surface area contributed by atoms with Crippen LogP contribution in [0.3, 0.4) is 0 Å². The first-order valence-electron chi connectivity index (χ1n) is 5.07. The van der Waals surface area contributed by atoms with Crippen LogP contribution in [-0.4, -0.2) is 25.3 Å². The number of para-hydroxylation sites is 1. The van der Waals surface area contributed by atoms with Crippen molar-refractivity contribution in [3.05, 3.63) is 29.8 Å². The molecule has 0 aliphatic rings. The van der Waals surface area contributed by atoms with Crippen LogP contribution in [0.5, 0.6) is 0 Å². The molecule has 0 aliphatic carbocycles. The third-order valence-electron chi connectivity index (χ3n) is 2.41. The van der Waals surface area contributed by atoms with Crippen molar-refractivity contribution in [1.82, 2.24) is 0 Å². The van der Waals surface area contributed by atoms with Crippen molar-refractivity contribution in [3.8, 4) is 0 Å². The molecule has 0 radical (unpaired) electrons. The lowest BCUT2D eigenvalue weighted by Gasteiger charge is -2.23. The molecule has 0 unspecified atom stereocenters. The van der Waals surface area contributed by atoms with E-state index >= 15 is 0 Å². The van der Waals surface area contributed by atoms with E-state index in [0.717, 1.165) is 0 Å². The maximum absolute atomic E-state index is 8.89. The number of likely N-dealkylation sites (N-methyl/N-ethyl adjacent to an activating group) is 1. The Hall–Kier alpha value is -1.02. The molecular formula is C12H19NO. The summed E-state index contributed by atoms with van der Waals surface area (Å²) in [5.74, 6) is 0.521. The number of rotatable bonds is 4. The Balaban J connectivity index is 2.94. The number of aliphatic hydroxyl groups excluding tert-OH is 1. The molecule has 0 atom stereocenters. The maximum atomic E-state index is 8.89. The molecule has 2 heteroatoms. The second kappa shape index (κ2) is 5.01. The number of hydrogen-bond donors (Lipinski definition) is 1. The van der Waals surface area contributed by atoms with E-state index in [-0.39, 0.29) is 6.61 Å². The van der Waals surface area contributed by atoms with Gasteiger partial charge in [-0.1, -0.05) is 32.0 Å². The smallest absolute Gasteiger partial charge is 0.0606 e. The summed E-state index contributed by atoms with van der Waals surface area (Å²) >= 11 is 0. The van der Waals surface area contributed by atoms with Crippen molar-refractivity contribution in [2.24, 2.45) is 0 Å². The van der Waals surface area contributed by atoms with Gasteiger partial charge < -0.3 is 10.0 Å². The van der Waals surface area contributed by atoms with E-state index in [1.807, 2.05) is 13.1 Å². The summed E-state index contributed by atoms with van der Waals surface area (Å²) in [6.45, 7) is 5.25. The first-order chi connectivity index (χ1) is 6.66. The van der Waals surface area contributed by atoms with Crippen LogP contribution in [0, 0.1) is 0 Å². The Bertz CT molecular complexity index is 283. The van der Waals surface area contributed by atoms with Crippen LogP contribution in [0.4, 0.5) is 5.69 Å². The van der Waals surface area contributed by atoms with Crippen LogP contribution in [0.2, 0.25) is 0 Å². The number of hydrogen-bond acceptors (Lipinski definition) is 2. The third-order valence-corrected chi connectivity index (χ3v) is 2.41. The molecule has 0 aliphatic heterocycles. The van der Waals surface area contributed by atoms with Gasteiger partial charge in [-0.25, -0.2) is 0 Å². The standard InChI is InChI=1S/C12H19NO/c1-10(2)11-6-4-5-7-12(11)13(3)8-9-14/h4-7,10,14H,8-9H2,1-3H3. The van der Waals surface area contributed by atoms with Gasteiger partial charge in [-0.3, -0.25) is 0 Å². The van der Waals surface area contributed by atoms with Gasteiger partial charge in [0.15, 0.2) is 0 Å². The summed E-state index contributed by atoms with van der Waals surface area (Å²) in [5.41, 5.74) is 2.56. The lowest BCUT2D eigenvalue weighted by Crippen LogP contribution is -2.22. The summed E-state index contributed by atoms with van der Waals surface area (Å²) in [4.78, 5) is 2.09. The van der Waals surface area contributed by atoms with Crippen LogP contribution < -0.4 is 4.90 Å². The Morgan fingerprint density at radius 1 is 1.29 bits per heavy atom. The molecule has 0 fully saturated rings. The first-order valence-corrected chi connectivity index (χ1v) is 5.07. The summed E-state index contributed by atoms with van der Waals surface area (Å²) in [7, 11) is 2.01. The van der Waals surface area contributed by atoms with Gasteiger partial charge in [-0.05, 0) is 17.5 Å². The molecule has 0 saturated heterocycles. The monoisotopic (exact) mass is 193 g/mol. The van der Waals surface area contributed by atoms with Gasteiger partial charge in [0.25, 0.3) is 0 Å². The Labute approximate surface area is 86.2 Å². The Kier molecular flexibility index (Phi) is 3.96. The van der Waals surface area contributed by atoms with Crippen molar-refractivity contribution in [1.29, 1.82) is 0 Å². The van der Waals surface area contributed by atoms with Crippen molar-refractivity contribution in [2.75, 3.05) is 25.1 Å². The zero-order chi connectivity index (χ0) is 10.6. The minimum atomic E-state index is 0.197. The molecule has 0 spiro atoms. The quantitative estimate of drug-likeness (QED) is 0.792. The number of benzene rings is 1. The highest BCUT2D eigenvalue weighted by molar-refractivity contribution is 5.54. The highest BCUT2D eigenvalue weighted by Gasteiger charge is 2.08. The van der Waals surface area contributed by atoms with Crippen molar-refractivity contribution in [3.63, 3.8) is 0 Å². The van der Waals surface area contributed by atoms with Gasteiger partial charge in [-0.15, -0.1) is 0 Å². The lowest BCUT2D eigenvalue weighted by atomic mass is 10.0. The molecule has 0 heterocycles. The van der Waals surface area contributed by atoms with E-state index in [1.165, 1.54) is 11.3 Å². The van der Waals surface area contributed by atoms with Crippen LogP contribution >= 0.6 is 0 Å². The number of nitrogens with zero attached hydrogens (tertiary/aromatic N) is 1. The van der Waals surface area contributed by atoms with Gasteiger partial charge in [0, 0.05) is 19.3 Å². The highest BCUT2D eigenvalue weighted by Crippen LogP contribution is 2.25. The zero-order valence-electron chi connectivity index (χ0n) is 9.20. The normalized spacial score (nSPS) is 10.6. The van der Waals surface area contributed by atoms with E-state index in [9.17, 15) is 0 Å². The van der Waals surface area contributed by atoms with Crippen molar-refractivity contribution in [2.45, 2.75) is 19.8 Å². The van der Waals surface area contributed by atoms with Crippen LogP contribution in [0.25, 0.3) is 0 Å². The molecular weight excluding hydrogens is 174 g/mol. The van der Waals surface area contributed by atoms with Gasteiger partial charge in [-0.2, -0.15) is 0 Å². The van der Waals surface area contributed by atoms with Crippen LogP contribution in [-0.2, 0) is 0 Å². The molecule has 78 valence electrons. The third kappa shape index (κ3) is 2.48. The van der Waals surface area contributed by atoms with E-state index < -0.39 is 0 Å². The average molecular weight is 193 g/mol. The Morgan fingerprint density at radius 2 is 1.93 bits per heavy atom. The molecule has 14 heavy (non-hydrogen) atoms. The molecule has 0 bridgehead atoms. The fourth-order valence-corrected chi connectivity index (χ4v) is 1.59. The minimum absolute atomic E-state index is 0.197. The fourth-order valence-electron chi connectivity index (χ4n) is 1.59. The average Bonchev–Trinajstić information content (AvgIpc) is 2.18. The SMILES string of the molecule is CC(C)c1ccccc1N(C)CCO. The molecule has 1 aromatic carbocycles. The fraction of sp³-hybridized carbons (Fsp3) is 0.500. The van der Waals surface area contributed by atoms with E-state index in [4.69, 9.17) is 5.11 Å². The largest absolute Gasteiger partial charge is 0.395 e. The highest BCUT2D eigenvalue weighted by atomic mass is 16.3. The Morgan fingerprint density at radius 3 is 2.50 bits per heavy atom. The zero-order valence-corrected chi connectivity index (χ0v) is 9.20. The second-order valence-electron chi connectivity index (χ2n) is 3.86. The lowest BCUT2D eigenvalue weighted by molar-refractivity contribution is 0.304. The maximum Gasteiger partial charge on any atom is 0.0606 e.